The zero-order valence-corrected chi connectivity index (χ0v) is 58.5. The number of esters is 5. The van der Waals surface area contributed by atoms with E-state index < -0.39 is 17.7 Å². The van der Waals surface area contributed by atoms with Gasteiger partial charge in [0, 0.05) is 21.9 Å². The molecule has 8 aromatic rings. The summed E-state index contributed by atoms with van der Waals surface area (Å²) in [5, 5.41) is 3.64. The second-order valence-corrected chi connectivity index (χ2v) is 26.3. The summed E-state index contributed by atoms with van der Waals surface area (Å²) in [5.41, 5.74) is 3.60. The summed E-state index contributed by atoms with van der Waals surface area (Å²) in [6.07, 6.45) is 8.05. The molecule has 10 rings (SSSR count). The summed E-state index contributed by atoms with van der Waals surface area (Å²) >= 11 is 0. The van der Waals surface area contributed by atoms with Gasteiger partial charge in [-0.3, -0.25) is 9.59 Å². The van der Waals surface area contributed by atoms with Gasteiger partial charge in [0.2, 0.25) is 0 Å². The molecule has 0 unspecified atom stereocenters. The van der Waals surface area contributed by atoms with Gasteiger partial charge in [0.05, 0.1) is 86.8 Å². The number of hydrogen-bond acceptors (Lipinski definition) is 18. The third-order valence-corrected chi connectivity index (χ3v) is 18.4. The Morgan fingerprint density at radius 3 is 1.30 bits per heavy atom. The minimum absolute atomic E-state index is 0.0862. The first-order valence-corrected chi connectivity index (χ1v) is 35.5. The lowest BCUT2D eigenvalue weighted by Gasteiger charge is -2.27. The minimum atomic E-state index is -4.88. The van der Waals surface area contributed by atoms with E-state index in [9.17, 15) is 37.1 Å². The molecule has 2 aliphatic rings. The van der Waals surface area contributed by atoms with Gasteiger partial charge in [0.25, 0.3) is 0 Å². The molecule has 0 aliphatic heterocycles. The van der Waals surface area contributed by atoms with Crippen LogP contribution in [0.3, 0.4) is 0 Å². The summed E-state index contributed by atoms with van der Waals surface area (Å²) in [6, 6.07) is 39.8. The molecular formula is C82H89F3N2O16. The van der Waals surface area contributed by atoms with Gasteiger partial charge in [-0.2, -0.15) is 13.2 Å². The first-order chi connectivity index (χ1) is 49.8. The molecule has 2 aliphatic carbocycles. The number of hydrogen-bond donors (Lipinski definition) is 0. The number of fused-ring (bicyclic) bond motifs is 7. The van der Waals surface area contributed by atoms with Gasteiger partial charge in [-0.25, -0.2) is 24.4 Å². The molecule has 0 radical (unpaired) electrons. The standard InChI is InChI=1S/C82H89F3N2O16/c1-53(2)77(88)97-41-12-8-6-10-39-94-62-26-30-64(31-27-62)102-80(91)58-21-17-56(18-22-58)51-100-67-34-36-69-70-37-35-68(101-52-57-19-23-59(24-20-57)81(92)103-65-32-28-63(29-33-65)95-40-11-7-9-13-42-98-78(89)54(3)4)50-72(70)76-75(71(69)49-67)86-73-38-25-61(48-74(73)87-76)60-15-14-16-66(47-60)96-45-43-93-44-46-99-79(90)55(5)82(83,84)85/h14-16,25-38,47-50,56-59H,1,3,5-13,17-24,39-46,51-52H2,2,4H3. The van der Waals surface area contributed by atoms with E-state index >= 15 is 0 Å². The molecule has 0 atom stereocenters. The average molecular weight is 1420 g/mol. The van der Waals surface area contributed by atoms with Crippen LogP contribution in [0, 0.1) is 23.7 Å². The number of carbonyl (C=O) groups is 5. The van der Waals surface area contributed by atoms with Crippen molar-refractivity contribution in [2.24, 2.45) is 23.7 Å². The zero-order valence-electron chi connectivity index (χ0n) is 58.5. The van der Waals surface area contributed by atoms with Crippen molar-refractivity contribution in [1.82, 2.24) is 9.97 Å². The van der Waals surface area contributed by atoms with Crippen LogP contribution >= 0.6 is 0 Å². The highest BCUT2D eigenvalue weighted by Crippen LogP contribution is 2.40. The highest BCUT2D eigenvalue weighted by atomic mass is 19.4. The summed E-state index contributed by atoms with van der Waals surface area (Å²) < 4.78 is 101. The first-order valence-electron chi connectivity index (χ1n) is 35.5. The number of ether oxygens (including phenoxy) is 11. The van der Waals surface area contributed by atoms with Crippen LogP contribution in [0.4, 0.5) is 13.2 Å². The van der Waals surface area contributed by atoms with Gasteiger partial charge in [0.15, 0.2) is 0 Å². The number of rotatable bonds is 37. The molecule has 0 N–H and O–H groups in total. The molecule has 1 heterocycles. The van der Waals surface area contributed by atoms with E-state index in [1.807, 2.05) is 60.7 Å². The molecule has 0 bridgehead atoms. The number of nitrogens with zero attached hydrogens (tertiary/aromatic N) is 2. The van der Waals surface area contributed by atoms with Crippen LogP contribution in [-0.2, 0) is 42.9 Å². The fraction of sp³-hybridized carbons (Fsp3) is 0.402. The number of benzene rings is 7. The summed E-state index contributed by atoms with van der Waals surface area (Å²) in [6.45, 7) is 15.7. The normalized spacial score (nSPS) is 16.0. The molecule has 1 aromatic heterocycles. The van der Waals surface area contributed by atoms with Crippen LogP contribution < -0.4 is 33.2 Å². The summed E-state index contributed by atoms with van der Waals surface area (Å²) in [5.74, 6) is 1.47. The molecule has 7 aromatic carbocycles. The average Bonchev–Trinajstić information content (AvgIpc) is 0.731. The maximum absolute atomic E-state index is 13.4. The fourth-order valence-corrected chi connectivity index (χ4v) is 12.4. The Balaban J connectivity index is 0.754. The van der Waals surface area contributed by atoms with Crippen LogP contribution in [-0.4, -0.2) is 112 Å². The van der Waals surface area contributed by atoms with E-state index in [4.69, 9.17) is 57.3 Å². The zero-order chi connectivity index (χ0) is 72.7. The van der Waals surface area contributed by atoms with Crippen LogP contribution in [0.1, 0.15) is 117 Å². The van der Waals surface area contributed by atoms with E-state index in [1.165, 1.54) is 0 Å². The van der Waals surface area contributed by atoms with Crippen LogP contribution in [0.15, 0.2) is 164 Å². The second-order valence-electron chi connectivity index (χ2n) is 26.3. The van der Waals surface area contributed by atoms with Gasteiger partial charge in [-0.05, 0) is 260 Å². The van der Waals surface area contributed by atoms with Crippen molar-refractivity contribution >= 4 is 73.5 Å². The lowest BCUT2D eigenvalue weighted by Crippen LogP contribution is -2.27. The largest absolute Gasteiger partial charge is 0.494 e. The Morgan fingerprint density at radius 2 is 0.816 bits per heavy atom. The number of alkyl halides is 3. The highest BCUT2D eigenvalue weighted by molar-refractivity contribution is 6.24. The van der Waals surface area contributed by atoms with Crippen molar-refractivity contribution in [2.75, 3.05) is 66.1 Å². The van der Waals surface area contributed by atoms with Crippen molar-refractivity contribution in [3.63, 3.8) is 0 Å². The number of carbonyl (C=O) groups excluding carboxylic acids is 5. The molecule has 0 spiro atoms. The molecule has 18 nitrogen and oxygen atoms in total. The van der Waals surface area contributed by atoms with E-state index in [1.54, 1.807) is 68.4 Å². The molecule has 21 heteroatoms. The van der Waals surface area contributed by atoms with Gasteiger partial charge in [-0.1, -0.05) is 37.9 Å². The second kappa shape index (κ2) is 37.2. The fourth-order valence-electron chi connectivity index (χ4n) is 12.4. The van der Waals surface area contributed by atoms with Gasteiger partial charge in [0.1, 0.15) is 59.0 Å². The Kier molecular flexibility index (Phi) is 27.3. The quantitative estimate of drug-likeness (QED) is 0.00673. The predicted octanol–water partition coefficient (Wildman–Crippen LogP) is 17.5. The first kappa shape index (κ1) is 75.6. The third-order valence-electron chi connectivity index (χ3n) is 18.4. The van der Waals surface area contributed by atoms with E-state index in [0.29, 0.717) is 139 Å². The highest BCUT2D eigenvalue weighted by Gasteiger charge is 2.38. The monoisotopic (exact) mass is 1410 g/mol. The SMILES string of the molecule is C=C(C)C(=O)OCCCCCCOc1ccc(OC(=O)C2CCC(COc3ccc4c5ccc(OCC6CCC(C(=O)Oc7ccc(OCCCCCCOC(=O)C(=C)C)cc7)CC6)cc5c5nc6cc(-c7cccc(OCCOCCOC(=O)C(=C)C(F)(F)F)c7)ccc6nc5c4c3)CC2)cc1. The van der Waals surface area contributed by atoms with Crippen LogP contribution in [0.2, 0.25) is 0 Å². The van der Waals surface area contributed by atoms with E-state index in [-0.39, 0.29) is 74.0 Å². The molecule has 2 fully saturated rings. The Morgan fingerprint density at radius 1 is 0.398 bits per heavy atom. The maximum atomic E-state index is 13.4. The molecule has 103 heavy (non-hydrogen) atoms. The van der Waals surface area contributed by atoms with Crippen molar-refractivity contribution < 1.29 is 89.2 Å². The van der Waals surface area contributed by atoms with Crippen molar-refractivity contribution in [3.8, 4) is 51.4 Å². The summed E-state index contributed by atoms with van der Waals surface area (Å²) in [4.78, 5) is 72.2. The molecular weight excluding hydrogens is 1330 g/mol. The molecule has 0 amide bonds. The number of aromatic nitrogens is 2. The predicted molar refractivity (Wildman–Crippen MR) is 385 cm³/mol. The Bertz CT molecular complexity index is 4270. The van der Waals surface area contributed by atoms with Gasteiger partial charge >= 0.3 is 36.0 Å². The Hall–Kier alpha value is -10.0. The summed E-state index contributed by atoms with van der Waals surface area (Å²) in [7, 11) is 0. The third kappa shape index (κ3) is 22.2. The topological polar surface area (TPSA) is 213 Å². The number of halogens is 3. The Labute approximate surface area is 597 Å². The number of unbranched alkanes of at least 4 members (excludes halogenated alkanes) is 6. The lowest BCUT2D eigenvalue weighted by molar-refractivity contribution is -0.152. The van der Waals surface area contributed by atoms with Crippen LogP contribution in [0.5, 0.6) is 40.2 Å². The van der Waals surface area contributed by atoms with Gasteiger partial charge in [-0.15, -0.1) is 0 Å². The molecule has 0 saturated heterocycles. The maximum Gasteiger partial charge on any atom is 0.422 e. The van der Waals surface area contributed by atoms with Crippen molar-refractivity contribution in [1.29, 1.82) is 0 Å². The van der Waals surface area contributed by atoms with E-state index in [2.05, 4.69) is 36.6 Å². The van der Waals surface area contributed by atoms with Crippen molar-refractivity contribution in [3.05, 3.63) is 164 Å². The smallest absolute Gasteiger partial charge is 0.422 e. The van der Waals surface area contributed by atoms with Gasteiger partial charge < -0.3 is 52.1 Å². The lowest BCUT2D eigenvalue weighted by atomic mass is 9.82. The molecule has 2 saturated carbocycles. The minimum Gasteiger partial charge on any atom is -0.494 e. The van der Waals surface area contributed by atoms with Crippen molar-refractivity contribution in [2.45, 2.75) is 123 Å². The van der Waals surface area contributed by atoms with Crippen LogP contribution in [0.25, 0.3) is 54.7 Å². The molecule has 544 valence electrons. The van der Waals surface area contributed by atoms with E-state index in [0.717, 1.165) is 110 Å².